The van der Waals surface area contributed by atoms with Crippen LogP contribution in [-0.2, 0) is 9.47 Å². The summed E-state index contributed by atoms with van der Waals surface area (Å²) in [4.78, 5) is 0. The van der Waals surface area contributed by atoms with E-state index in [-0.39, 0.29) is 11.7 Å². The molecular weight excluding hydrogens is 144 g/mol. The monoisotopic (exact) mass is 160 g/mol. The number of rotatable bonds is 1. The van der Waals surface area contributed by atoms with Gasteiger partial charge in [-0.15, -0.1) is 0 Å². The maximum atomic E-state index is 9.18. The van der Waals surface area contributed by atoms with Crippen molar-refractivity contribution in [2.45, 2.75) is 44.7 Å². The number of hydrogen-bond donors (Lipinski definition) is 1. The molecule has 0 aromatic rings. The van der Waals surface area contributed by atoms with Gasteiger partial charge in [0.05, 0.1) is 11.7 Å². The molecule has 3 nitrogen and oxygen atoms in total. The van der Waals surface area contributed by atoms with Crippen LogP contribution in [0.25, 0.3) is 0 Å². The first-order valence-corrected chi connectivity index (χ1v) is 3.95. The first-order valence-electron chi connectivity index (χ1n) is 3.95. The lowest BCUT2D eigenvalue weighted by Crippen LogP contribution is -2.47. The van der Waals surface area contributed by atoms with Crippen molar-refractivity contribution in [1.29, 1.82) is 0 Å². The van der Waals surface area contributed by atoms with Crippen LogP contribution >= 0.6 is 0 Å². The molecule has 0 spiro atoms. The molecule has 1 aliphatic heterocycles. The van der Waals surface area contributed by atoms with Gasteiger partial charge in [0.15, 0.2) is 6.29 Å². The molecule has 11 heavy (non-hydrogen) atoms. The normalized spacial score (nSPS) is 37.1. The van der Waals surface area contributed by atoms with Crippen molar-refractivity contribution in [3.63, 3.8) is 0 Å². The summed E-state index contributed by atoms with van der Waals surface area (Å²) in [6.07, 6.45) is 1.02. The summed E-state index contributed by atoms with van der Waals surface area (Å²) in [5.74, 6) is 0. The van der Waals surface area contributed by atoms with Crippen LogP contribution < -0.4 is 0 Å². The Bertz CT molecular complexity index is 133. The van der Waals surface area contributed by atoms with Crippen LogP contribution in [-0.4, -0.2) is 30.2 Å². The minimum absolute atomic E-state index is 0.103. The highest BCUT2D eigenvalue weighted by molar-refractivity contribution is 4.84. The van der Waals surface area contributed by atoms with Crippen molar-refractivity contribution in [3.05, 3.63) is 0 Å². The Kier molecular flexibility index (Phi) is 2.52. The topological polar surface area (TPSA) is 38.7 Å². The van der Waals surface area contributed by atoms with Gasteiger partial charge >= 0.3 is 0 Å². The highest BCUT2D eigenvalue weighted by Gasteiger charge is 2.37. The highest BCUT2D eigenvalue weighted by Crippen LogP contribution is 2.29. The van der Waals surface area contributed by atoms with Crippen LogP contribution in [0.15, 0.2) is 0 Å². The van der Waals surface area contributed by atoms with Crippen molar-refractivity contribution >= 4 is 0 Å². The Balaban J connectivity index is 2.56. The highest BCUT2D eigenvalue weighted by atomic mass is 16.6. The van der Waals surface area contributed by atoms with E-state index in [2.05, 4.69) is 0 Å². The number of hydrogen-bond acceptors (Lipinski definition) is 3. The summed E-state index contributed by atoms with van der Waals surface area (Å²) >= 11 is 0. The molecule has 1 rings (SSSR count). The molecular formula is C8H16O3. The number of ether oxygens (including phenoxy) is 2. The maximum Gasteiger partial charge on any atom is 0.155 e. The van der Waals surface area contributed by atoms with E-state index < -0.39 is 6.29 Å². The fraction of sp³-hybridized carbons (Fsp3) is 1.00. The summed E-state index contributed by atoms with van der Waals surface area (Å²) in [6.45, 7) is 3.87. The second-order valence-corrected chi connectivity index (χ2v) is 3.48. The van der Waals surface area contributed by atoms with E-state index in [4.69, 9.17) is 9.47 Å². The lowest BCUT2D eigenvalue weighted by Gasteiger charge is -2.39. The predicted molar refractivity (Wildman–Crippen MR) is 41.2 cm³/mol. The molecule has 2 atom stereocenters. The van der Waals surface area contributed by atoms with Crippen molar-refractivity contribution in [2.24, 2.45) is 0 Å². The summed E-state index contributed by atoms with van der Waals surface area (Å²) in [6, 6.07) is 0. The van der Waals surface area contributed by atoms with Crippen molar-refractivity contribution < 1.29 is 14.6 Å². The summed E-state index contributed by atoms with van der Waals surface area (Å²) < 4.78 is 10.5. The number of aliphatic hydroxyl groups excluding tert-OH is 1. The van der Waals surface area contributed by atoms with E-state index in [1.807, 2.05) is 13.8 Å². The quantitative estimate of drug-likeness (QED) is 0.619. The largest absolute Gasteiger partial charge is 0.378 e. The van der Waals surface area contributed by atoms with E-state index in [1.165, 1.54) is 0 Å². The third kappa shape index (κ3) is 1.92. The second-order valence-electron chi connectivity index (χ2n) is 3.48. The van der Waals surface area contributed by atoms with Crippen molar-refractivity contribution in [1.82, 2.24) is 0 Å². The molecule has 1 aliphatic rings. The minimum Gasteiger partial charge on any atom is -0.378 e. The van der Waals surface area contributed by atoms with Crippen LogP contribution in [0.4, 0.5) is 0 Å². The standard InChI is InChI=1S/C8H16O3/c1-8(2)6(10-3)4-5-7(9)11-8/h6-7,9H,4-5H2,1-3H3/t6-,7?/m1/s1. The first-order chi connectivity index (χ1) is 5.06. The molecule has 0 radical (unpaired) electrons. The fourth-order valence-electron chi connectivity index (χ4n) is 1.53. The second kappa shape index (κ2) is 3.09. The van der Waals surface area contributed by atoms with Crippen LogP contribution in [0.3, 0.4) is 0 Å². The van der Waals surface area contributed by atoms with Crippen LogP contribution in [0.1, 0.15) is 26.7 Å². The van der Waals surface area contributed by atoms with Gasteiger partial charge in [0.2, 0.25) is 0 Å². The lowest BCUT2D eigenvalue weighted by atomic mass is 9.94. The van der Waals surface area contributed by atoms with Gasteiger partial charge in [0, 0.05) is 13.5 Å². The Morgan fingerprint density at radius 2 is 2.09 bits per heavy atom. The zero-order chi connectivity index (χ0) is 8.48. The third-order valence-corrected chi connectivity index (χ3v) is 2.18. The maximum absolute atomic E-state index is 9.18. The molecule has 1 fully saturated rings. The summed E-state index contributed by atoms with van der Waals surface area (Å²) in [7, 11) is 1.67. The number of aliphatic hydroxyl groups is 1. The van der Waals surface area contributed by atoms with Gasteiger partial charge in [-0.25, -0.2) is 0 Å². The molecule has 0 aromatic heterocycles. The Labute approximate surface area is 67.3 Å². The molecule has 3 heteroatoms. The van der Waals surface area contributed by atoms with E-state index in [9.17, 15) is 5.11 Å². The van der Waals surface area contributed by atoms with E-state index in [0.29, 0.717) is 6.42 Å². The molecule has 0 saturated carbocycles. The van der Waals surface area contributed by atoms with Gasteiger partial charge in [0.25, 0.3) is 0 Å². The number of methoxy groups -OCH3 is 1. The summed E-state index contributed by atoms with van der Waals surface area (Å²) in [5, 5.41) is 9.18. The van der Waals surface area contributed by atoms with Crippen molar-refractivity contribution in [3.8, 4) is 0 Å². The Morgan fingerprint density at radius 3 is 2.55 bits per heavy atom. The van der Waals surface area contributed by atoms with Crippen LogP contribution in [0.2, 0.25) is 0 Å². The molecule has 1 heterocycles. The van der Waals surface area contributed by atoms with Gasteiger partial charge in [-0.05, 0) is 20.3 Å². The van der Waals surface area contributed by atoms with Gasteiger partial charge < -0.3 is 14.6 Å². The van der Waals surface area contributed by atoms with Crippen LogP contribution in [0, 0.1) is 0 Å². The molecule has 0 bridgehead atoms. The molecule has 1 N–H and O–H groups in total. The van der Waals surface area contributed by atoms with Crippen LogP contribution in [0.5, 0.6) is 0 Å². The van der Waals surface area contributed by atoms with E-state index in [1.54, 1.807) is 7.11 Å². The van der Waals surface area contributed by atoms with Gasteiger partial charge in [0.1, 0.15) is 0 Å². The van der Waals surface area contributed by atoms with Crippen molar-refractivity contribution in [2.75, 3.05) is 7.11 Å². The van der Waals surface area contributed by atoms with Gasteiger partial charge in [-0.3, -0.25) is 0 Å². The van der Waals surface area contributed by atoms with Gasteiger partial charge in [-0.2, -0.15) is 0 Å². The first kappa shape index (κ1) is 8.97. The summed E-state index contributed by atoms with van der Waals surface area (Å²) in [5.41, 5.74) is -0.355. The lowest BCUT2D eigenvalue weighted by molar-refractivity contribution is -0.243. The molecule has 1 saturated heterocycles. The van der Waals surface area contributed by atoms with E-state index in [0.717, 1.165) is 6.42 Å². The average Bonchev–Trinajstić information content (AvgIpc) is 1.85. The predicted octanol–water partition coefficient (Wildman–Crippen LogP) is 0.909. The zero-order valence-corrected chi connectivity index (χ0v) is 7.33. The molecule has 0 amide bonds. The zero-order valence-electron chi connectivity index (χ0n) is 7.33. The molecule has 1 unspecified atom stereocenters. The molecule has 66 valence electrons. The Morgan fingerprint density at radius 1 is 1.45 bits per heavy atom. The molecule has 0 aliphatic carbocycles. The smallest absolute Gasteiger partial charge is 0.155 e. The average molecular weight is 160 g/mol. The SMILES string of the molecule is CO[C@@H]1CCC(O)OC1(C)C. The molecule has 0 aromatic carbocycles. The minimum atomic E-state index is -0.614. The Hall–Kier alpha value is -0.120. The fourth-order valence-corrected chi connectivity index (χ4v) is 1.53. The van der Waals surface area contributed by atoms with Gasteiger partial charge in [-0.1, -0.05) is 0 Å². The third-order valence-electron chi connectivity index (χ3n) is 2.18. The van der Waals surface area contributed by atoms with E-state index >= 15 is 0 Å².